The third-order valence-corrected chi connectivity index (χ3v) is 9.90. The first-order valence-corrected chi connectivity index (χ1v) is 16.0. The molecule has 3 heteroatoms. The number of rotatable bonds is 5. The minimum Gasteiger partial charge on any atom is -0.456 e. The summed E-state index contributed by atoms with van der Waals surface area (Å²) in [5.41, 5.74) is 9.84. The molecule has 7 aromatic carbocycles. The number of benzene rings is 7. The summed E-state index contributed by atoms with van der Waals surface area (Å²) in [6.07, 6.45) is 0. The van der Waals surface area contributed by atoms with Gasteiger partial charge in [0.1, 0.15) is 11.2 Å². The minimum absolute atomic E-state index is 0.877. The van der Waals surface area contributed by atoms with E-state index in [0.29, 0.717) is 0 Å². The molecule has 0 aliphatic carbocycles. The summed E-state index contributed by atoms with van der Waals surface area (Å²) in [7, 11) is 0. The highest BCUT2D eigenvalue weighted by atomic mass is 32.1. The second kappa shape index (κ2) is 10.5. The third kappa shape index (κ3) is 4.24. The van der Waals surface area contributed by atoms with E-state index in [-0.39, 0.29) is 0 Å². The number of thiophene rings is 1. The molecule has 0 bridgehead atoms. The van der Waals surface area contributed by atoms with E-state index in [9.17, 15) is 0 Å². The Bertz CT molecular complexity index is 2490. The molecular formula is C42H27NOS. The molecule has 45 heavy (non-hydrogen) atoms. The second-order valence-corrected chi connectivity index (χ2v) is 12.3. The van der Waals surface area contributed by atoms with Crippen LogP contribution in [-0.2, 0) is 0 Å². The molecule has 0 saturated heterocycles. The molecule has 0 fully saturated rings. The van der Waals surface area contributed by atoms with Gasteiger partial charge in [-0.3, -0.25) is 0 Å². The van der Waals surface area contributed by atoms with Gasteiger partial charge in [-0.2, -0.15) is 0 Å². The van der Waals surface area contributed by atoms with E-state index in [1.165, 1.54) is 42.4 Å². The number of anilines is 3. The monoisotopic (exact) mass is 593 g/mol. The van der Waals surface area contributed by atoms with Crippen LogP contribution in [0.25, 0.3) is 64.4 Å². The number of nitrogens with zero attached hydrogens (tertiary/aromatic N) is 1. The molecule has 0 unspecified atom stereocenters. The Balaban J connectivity index is 1.37. The van der Waals surface area contributed by atoms with Crippen molar-refractivity contribution in [3.8, 4) is 22.3 Å². The van der Waals surface area contributed by atoms with Gasteiger partial charge >= 0.3 is 0 Å². The molecule has 9 aromatic rings. The molecule has 0 N–H and O–H groups in total. The molecule has 0 aliphatic rings. The number of furan rings is 1. The van der Waals surface area contributed by atoms with Gasteiger partial charge in [-0.25, -0.2) is 0 Å². The van der Waals surface area contributed by atoms with Crippen molar-refractivity contribution in [1.82, 2.24) is 0 Å². The van der Waals surface area contributed by atoms with Crippen molar-refractivity contribution < 1.29 is 4.42 Å². The van der Waals surface area contributed by atoms with Crippen molar-refractivity contribution in [2.24, 2.45) is 0 Å². The zero-order valence-electron chi connectivity index (χ0n) is 24.4. The van der Waals surface area contributed by atoms with E-state index in [4.69, 9.17) is 4.42 Å². The Kier molecular flexibility index (Phi) is 6.03. The van der Waals surface area contributed by atoms with Gasteiger partial charge in [-0.15, -0.1) is 11.3 Å². The Morgan fingerprint density at radius 2 is 1.11 bits per heavy atom. The summed E-state index contributed by atoms with van der Waals surface area (Å²) in [4.78, 5) is 2.38. The molecule has 0 amide bonds. The van der Waals surface area contributed by atoms with Crippen LogP contribution >= 0.6 is 11.3 Å². The topological polar surface area (TPSA) is 16.4 Å². The standard InChI is InChI=1S/C42H27NOS/c1-3-13-28(14-4-1)31-19-12-22-37(41(31)36-21-11-20-35-34-18-8-10-24-40(34)45-42(35)36)43(29-15-5-2-6-16-29)30-25-26-33-32-17-7-9-23-38(32)44-39(33)27-30/h1-27H. The first kappa shape index (κ1) is 25.8. The van der Waals surface area contributed by atoms with E-state index in [2.05, 4.69) is 157 Å². The van der Waals surface area contributed by atoms with Crippen LogP contribution in [-0.4, -0.2) is 0 Å². The third-order valence-electron chi connectivity index (χ3n) is 8.68. The number of fused-ring (bicyclic) bond motifs is 6. The molecular weight excluding hydrogens is 567 g/mol. The predicted octanol–water partition coefficient (Wildman–Crippen LogP) is 12.8. The summed E-state index contributed by atoms with van der Waals surface area (Å²) < 4.78 is 8.98. The van der Waals surface area contributed by atoms with Gasteiger partial charge in [-0.05, 0) is 53.6 Å². The van der Waals surface area contributed by atoms with E-state index < -0.39 is 0 Å². The van der Waals surface area contributed by atoms with Crippen LogP contribution in [0.1, 0.15) is 0 Å². The molecule has 0 saturated carbocycles. The number of hydrogen-bond acceptors (Lipinski definition) is 3. The van der Waals surface area contributed by atoms with Crippen LogP contribution < -0.4 is 4.90 Å². The largest absolute Gasteiger partial charge is 0.456 e. The summed E-state index contributed by atoms with van der Waals surface area (Å²) in [5.74, 6) is 0. The van der Waals surface area contributed by atoms with Crippen molar-refractivity contribution in [3.63, 3.8) is 0 Å². The van der Waals surface area contributed by atoms with Gasteiger partial charge in [-0.1, -0.05) is 115 Å². The van der Waals surface area contributed by atoms with E-state index >= 15 is 0 Å². The van der Waals surface area contributed by atoms with Crippen molar-refractivity contribution >= 4 is 70.5 Å². The fourth-order valence-corrected chi connectivity index (χ4v) is 7.89. The van der Waals surface area contributed by atoms with Crippen LogP contribution in [0.5, 0.6) is 0 Å². The van der Waals surface area contributed by atoms with Crippen LogP contribution in [0.15, 0.2) is 168 Å². The SMILES string of the molecule is c1ccc(-c2cccc(N(c3ccccc3)c3ccc4c(c3)oc3ccccc34)c2-c2cccc3c2sc2ccccc23)cc1. The number of hydrogen-bond donors (Lipinski definition) is 0. The maximum Gasteiger partial charge on any atom is 0.137 e. The van der Waals surface area contributed by atoms with Crippen LogP contribution in [0.4, 0.5) is 17.1 Å². The summed E-state index contributed by atoms with van der Waals surface area (Å²) >= 11 is 1.87. The van der Waals surface area contributed by atoms with Gasteiger partial charge in [0.25, 0.3) is 0 Å². The Labute approximate surface area is 265 Å². The van der Waals surface area contributed by atoms with E-state index in [1.807, 2.05) is 23.5 Å². The Hall–Kier alpha value is -5.64. The zero-order valence-corrected chi connectivity index (χ0v) is 25.2. The smallest absolute Gasteiger partial charge is 0.137 e. The quantitative estimate of drug-likeness (QED) is 0.197. The molecule has 212 valence electrons. The molecule has 2 heterocycles. The van der Waals surface area contributed by atoms with Crippen LogP contribution in [0.3, 0.4) is 0 Å². The maximum absolute atomic E-state index is 6.39. The highest BCUT2D eigenvalue weighted by molar-refractivity contribution is 7.26. The fraction of sp³-hybridized carbons (Fsp3) is 0. The van der Waals surface area contributed by atoms with Crippen molar-refractivity contribution in [1.29, 1.82) is 0 Å². The minimum atomic E-state index is 0.877. The summed E-state index contributed by atoms with van der Waals surface area (Å²) in [5, 5.41) is 4.84. The van der Waals surface area contributed by atoms with Gasteiger partial charge in [0.05, 0.1) is 5.69 Å². The molecule has 9 rings (SSSR count). The lowest BCUT2D eigenvalue weighted by atomic mass is 9.91. The van der Waals surface area contributed by atoms with Crippen molar-refractivity contribution in [2.45, 2.75) is 0 Å². The average Bonchev–Trinajstić information content (AvgIpc) is 3.67. The predicted molar refractivity (Wildman–Crippen MR) is 192 cm³/mol. The second-order valence-electron chi connectivity index (χ2n) is 11.3. The van der Waals surface area contributed by atoms with Gasteiger partial charge in [0.2, 0.25) is 0 Å². The highest BCUT2D eigenvalue weighted by Gasteiger charge is 2.23. The molecule has 0 radical (unpaired) electrons. The highest BCUT2D eigenvalue weighted by Crippen LogP contribution is 2.49. The summed E-state index contributed by atoms with van der Waals surface area (Å²) in [6, 6.07) is 58.4. The van der Waals surface area contributed by atoms with Gasteiger partial charge in [0.15, 0.2) is 0 Å². The molecule has 0 aliphatic heterocycles. The zero-order chi connectivity index (χ0) is 29.7. The Morgan fingerprint density at radius 1 is 0.444 bits per heavy atom. The average molecular weight is 594 g/mol. The first-order valence-electron chi connectivity index (χ1n) is 15.2. The van der Waals surface area contributed by atoms with E-state index in [0.717, 1.165) is 39.0 Å². The lowest BCUT2D eigenvalue weighted by Crippen LogP contribution is -2.11. The van der Waals surface area contributed by atoms with Crippen LogP contribution in [0, 0.1) is 0 Å². The lowest BCUT2D eigenvalue weighted by molar-refractivity contribution is 0.669. The number of para-hydroxylation sites is 2. The fourth-order valence-electron chi connectivity index (χ4n) is 6.67. The van der Waals surface area contributed by atoms with E-state index in [1.54, 1.807) is 0 Å². The van der Waals surface area contributed by atoms with Crippen LogP contribution in [0.2, 0.25) is 0 Å². The molecule has 2 aromatic heterocycles. The van der Waals surface area contributed by atoms with Crippen molar-refractivity contribution in [2.75, 3.05) is 4.90 Å². The molecule has 2 nitrogen and oxygen atoms in total. The molecule has 0 spiro atoms. The maximum atomic E-state index is 6.39. The first-order chi connectivity index (χ1) is 22.3. The molecule has 0 atom stereocenters. The Morgan fingerprint density at radius 3 is 1.98 bits per heavy atom. The lowest BCUT2D eigenvalue weighted by Gasteiger charge is -2.29. The van der Waals surface area contributed by atoms with Gasteiger partial charge in [0, 0.05) is 59.5 Å². The van der Waals surface area contributed by atoms with Crippen molar-refractivity contribution in [3.05, 3.63) is 164 Å². The summed E-state index contributed by atoms with van der Waals surface area (Å²) in [6.45, 7) is 0. The normalized spacial score (nSPS) is 11.6. The van der Waals surface area contributed by atoms with Gasteiger partial charge < -0.3 is 9.32 Å².